The minimum absolute atomic E-state index is 0.158. The molecule has 0 spiro atoms. The Hall–Kier alpha value is -3.94. The summed E-state index contributed by atoms with van der Waals surface area (Å²) in [7, 11) is 0. The van der Waals surface area contributed by atoms with Crippen LogP contribution in [0.3, 0.4) is 0 Å². The average Bonchev–Trinajstić information content (AvgIpc) is 3.10. The zero-order valence-electron chi connectivity index (χ0n) is 17.0. The standard InChI is InChI=1S/C22H22N6O2/c1-4-27-21(30)18-7-5-6-8-19(18)23-22(27)25-24-20(29)16-9-11-17(12-10-16)28-15(3)13-14(2)26-28/h5-13H,4H2,1-3H3,(H,23,25)(H,24,29). The van der Waals surface area contributed by atoms with Gasteiger partial charge < -0.3 is 0 Å². The van der Waals surface area contributed by atoms with E-state index in [-0.39, 0.29) is 17.4 Å². The Balaban J connectivity index is 1.54. The number of nitrogens with zero attached hydrogens (tertiary/aromatic N) is 4. The van der Waals surface area contributed by atoms with Crippen molar-refractivity contribution >= 4 is 22.8 Å². The number of aromatic nitrogens is 4. The Labute approximate surface area is 173 Å². The van der Waals surface area contributed by atoms with E-state index >= 15 is 0 Å². The van der Waals surface area contributed by atoms with Crippen molar-refractivity contribution in [2.45, 2.75) is 27.3 Å². The molecule has 8 nitrogen and oxygen atoms in total. The predicted octanol–water partition coefficient (Wildman–Crippen LogP) is 2.98. The van der Waals surface area contributed by atoms with Crippen molar-refractivity contribution in [2.75, 3.05) is 5.43 Å². The minimum Gasteiger partial charge on any atom is -0.277 e. The molecule has 0 aliphatic heterocycles. The summed E-state index contributed by atoms with van der Waals surface area (Å²) in [6.07, 6.45) is 0. The predicted molar refractivity (Wildman–Crippen MR) is 116 cm³/mol. The van der Waals surface area contributed by atoms with E-state index in [9.17, 15) is 9.59 Å². The number of aryl methyl sites for hydroxylation is 2. The molecule has 0 aliphatic carbocycles. The van der Waals surface area contributed by atoms with Gasteiger partial charge in [0.2, 0.25) is 5.95 Å². The van der Waals surface area contributed by atoms with Crippen molar-refractivity contribution in [3.63, 3.8) is 0 Å². The largest absolute Gasteiger partial charge is 0.277 e. The van der Waals surface area contributed by atoms with Gasteiger partial charge in [-0.25, -0.2) is 9.67 Å². The van der Waals surface area contributed by atoms with Gasteiger partial charge in [0.25, 0.3) is 11.5 Å². The molecule has 0 fully saturated rings. The van der Waals surface area contributed by atoms with Crippen LogP contribution in [0.2, 0.25) is 0 Å². The summed E-state index contributed by atoms with van der Waals surface area (Å²) in [5, 5.41) is 4.98. The third kappa shape index (κ3) is 3.55. The molecule has 0 aliphatic rings. The van der Waals surface area contributed by atoms with E-state index in [1.165, 1.54) is 4.57 Å². The maximum Gasteiger partial charge on any atom is 0.269 e. The van der Waals surface area contributed by atoms with Gasteiger partial charge in [0.1, 0.15) is 0 Å². The molecule has 0 unspecified atom stereocenters. The van der Waals surface area contributed by atoms with Crippen LogP contribution in [0, 0.1) is 13.8 Å². The average molecular weight is 402 g/mol. The monoisotopic (exact) mass is 402 g/mol. The second kappa shape index (κ2) is 7.82. The summed E-state index contributed by atoms with van der Waals surface area (Å²) in [6, 6.07) is 16.2. The number of hydrazine groups is 1. The summed E-state index contributed by atoms with van der Waals surface area (Å²) in [5.74, 6) is -0.0474. The fourth-order valence-corrected chi connectivity index (χ4v) is 3.39. The first-order chi connectivity index (χ1) is 14.5. The van der Waals surface area contributed by atoms with Gasteiger partial charge in [0.05, 0.1) is 22.3 Å². The highest BCUT2D eigenvalue weighted by molar-refractivity contribution is 5.95. The second-order valence-electron chi connectivity index (χ2n) is 6.97. The van der Waals surface area contributed by atoms with Crippen LogP contribution in [0.1, 0.15) is 28.7 Å². The molecular formula is C22H22N6O2. The van der Waals surface area contributed by atoms with E-state index in [0.717, 1.165) is 17.1 Å². The number of para-hydroxylation sites is 1. The molecule has 0 saturated carbocycles. The fraction of sp³-hybridized carbons (Fsp3) is 0.182. The molecule has 2 N–H and O–H groups in total. The molecule has 0 atom stereocenters. The number of carbonyl (C=O) groups is 1. The second-order valence-corrected chi connectivity index (χ2v) is 6.97. The van der Waals surface area contributed by atoms with E-state index in [1.54, 1.807) is 30.3 Å². The first-order valence-corrected chi connectivity index (χ1v) is 9.67. The van der Waals surface area contributed by atoms with Crippen molar-refractivity contribution in [3.05, 3.63) is 81.9 Å². The quantitative estimate of drug-likeness (QED) is 0.501. The van der Waals surface area contributed by atoms with Gasteiger partial charge in [-0.15, -0.1) is 0 Å². The summed E-state index contributed by atoms with van der Waals surface area (Å²) >= 11 is 0. The lowest BCUT2D eigenvalue weighted by atomic mass is 10.2. The highest BCUT2D eigenvalue weighted by Gasteiger charge is 2.12. The lowest BCUT2D eigenvalue weighted by Crippen LogP contribution is -2.34. The Kier molecular flexibility index (Phi) is 5.05. The van der Waals surface area contributed by atoms with Crippen molar-refractivity contribution in [1.82, 2.24) is 24.8 Å². The number of hydrogen-bond donors (Lipinski definition) is 2. The van der Waals surface area contributed by atoms with Crippen LogP contribution in [-0.4, -0.2) is 25.2 Å². The maximum atomic E-state index is 12.7. The van der Waals surface area contributed by atoms with Crippen molar-refractivity contribution in [3.8, 4) is 5.69 Å². The van der Waals surface area contributed by atoms with Crippen LogP contribution in [0.5, 0.6) is 0 Å². The lowest BCUT2D eigenvalue weighted by Gasteiger charge is -2.14. The van der Waals surface area contributed by atoms with E-state index in [4.69, 9.17) is 0 Å². The first kappa shape index (κ1) is 19.4. The normalized spacial score (nSPS) is 10.9. The van der Waals surface area contributed by atoms with Gasteiger partial charge in [0, 0.05) is 17.8 Å². The smallest absolute Gasteiger partial charge is 0.269 e. The number of nitrogens with one attached hydrogen (secondary N) is 2. The highest BCUT2D eigenvalue weighted by atomic mass is 16.2. The van der Waals surface area contributed by atoms with E-state index in [1.807, 2.05) is 49.7 Å². The summed E-state index contributed by atoms with van der Waals surface area (Å²) in [4.78, 5) is 29.7. The lowest BCUT2D eigenvalue weighted by molar-refractivity contribution is 0.0962. The topological polar surface area (TPSA) is 93.8 Å². The van der Waals surface area contributed by atoms with Gasteiger partial charge >= 0.3 is 0 Å². The van der Waals surface area contributed by atoms with E-state index in [2.05, 4.69) is 20.9 Å². The van der Waals surface area contributed by atoms with Gasteiger partial charge in [-0.3, -0.25) is 25.0 Å². The molecule has 0 bridgehead atoms. The highest BCUT2D eigenvalue weighted by Crippen LogP contribution is 2.14. The Bertz CT molecular complexity index is 1290. The maximum absolute atomic E-state index is 12.7. The van der Waals surface area contributed by atoms with Gasteiger partial charge in [-0.2, -0.15) is 5.10 Å². The zero-order chi connectivity index (χ0) is 21.3. The SMILES string of the molecule is CCn1c(NNC(=O)c2ccc(-n3nc(C)cc3C)cc2)nc2ccccc2c1=O. The van der Waals surface area contributed by atoms with Gasteiger partial charge in [0.15, 0.2) is 0 Å². The molecule has 4 rings (SSSR count). The van der Waals surface area contributed by atoms with Crippen molar-refractivity contribution in [2.24, 2.45) is 0 Å². The molecule has 30 heavy (non-hydrogen) atoms. The zero-order valence-corrected chi connectivity index (χ0v) is 17.0. The van der Waals surface area contributed by atoms with Crippen molar-refractivity contribution < 1.29 is 4.79 Å². The molecule has 1 amide bonds. The Morgan fingerprint density at radius 1 is 1.07 bits per heavy atom. The van der Waals surface area contributed by atoms with Crippen molar-refractivity contribution in [1.29, 1.82) is 0 Å². The molecule has 0 saturated heterocycles. The number of fused-ring (bicyclic) bond motifs is 1. The molecule has 4 aromatic rings. The number of benzene rings is 2. The number of carbonyl (C=O) groups excluding carboxylic acids is 1. The van der Waals surface area contributed by atoms with Crippen LogP contribution < -0.4 is 16.4 Å². The third-order valence-corrected chi connectivity index (χ3v) is 4.85. The third-order valence-electron chi connectivity index (χ3n) is 4.85. The summed E-state index contributed by atoms with van der Waals surface area (Å²) < 4.78 is 3.31. The first-order valence-electron chi connectivity index (χ1n) is 9.67. The van der Waals surface area contributed by atoms with Crippen LogP contribution in [0.4, 0.5) is 5.95 Å². The molecule has 0 radical (unpaired) electrons. The van der Waals surface area contributed by atoms with Crippen LogP contribution in [-0.2, 0) is 6.54 Å². The van der Waals surface area contributed by atoms with Crippen LogP contribution in [0.25, 0.3) is 16.6 Å². The van der Waals surface area contributed by atoms with E-state index in [0.29, 0.717) is 23.0 Å². The molecule has 152 valence electrons. The molecule has 2 heterocycles. The Morgan fingerprint density at radius 3 is 2.47 bits per heavy atom. The van der Waals surface area contributed by atoms with Gasteiger partial charge in [-0.1, -0.05) is 12.1 Å². The summed E-state index contributed by atoms with van der Waals surface area (Å²) in [5.41, 5.74) is 9.12. The fourth-order valence-electron chi connectivity index (χ4n) is 3.39. The van der Waals surface area contributed by atoms with E-state index < -0.39 is 0 Å². The van der Waals surface area contributed by atoms with Gasteiger partial charge in [-0.05, 0) is 63.2 Å². The number of hydrogen-bond acceptors (Lipinski definition) is 5. The van der Waals surface area contributed by atoms with Crippen LogP contribution in [0.15, 0.2) is 59.4 Å². The number of amides is 1. The Morgan fingerprint density at radius 2 is 1.80 bits per heavy atom. The molecule has 8 heteroatoms. The van der Waals surface area contributed by atoms with Crippen LogP contribution >= 0.6 is 0 Å². The molecule has 2 aromatic heterocycles. The molecular weight excluding hydrogens is 380 g/mol. The summed E-state index contributed by atoms with van der Waals surface area (Å²) in [6.45, 7) is 6.19. The number of rotatable bonds is 5. The minimum atomic E-state index is -0.333. The molecule has 2 aromatic carbocycles. The number of anilines is 1.